The third-order valence-electron chi connectivity index (χ3n) is 3.88. The van der Waals surface area contributed by atoms with Crippen LogP contribution in [0.25, 0.3) is 0 Å². The molecule has 1 aromatic heterocycles. The molecule has 1 aromatic carbocycles. The molecule has 0 bridgehead atoms. The predicted octanol–water partition coefficient (Wildman–Crippen LogP) is 3.04. The summed E-state index contributed by atoms with van der Waals surface area (Å²) in [4.78, 5) is 11.9. The van der Waals surface area contributed by atoms with Gasteiger partial charge >= 0.3 is 0 Å². The molecule has 0 fully saturated rings. The van der Waals surface area contributed by atoms with Gasteiger partial charge in [-0.2, -0.15) is 0 Å². The molecular weight excluding hydrogens is 252 g/mol. The molecule has 1 N–H and O–H groups in total. The monoisotopic (exact) mass is 270 g/mol. The number of hydrogen-bond donors (Lipinski definition) is 1. The summed E-state index contributed by atoms with van der Waals surface area (Å²) in [5, 5.41) is 6.48. The highest BCUT2D eigenvalue weighted by atomic mass is 16.5. The Kier molecular flexibility index (Phi) is 3.54. The van der Waals surface area contributed by atoms with Crippen LogP contribution in [0.1, 0.15) is 53.1 Å². The van der Waals surface area contributed by atoms with Crippen molar-refractivity contribution >= 4 is 5.91 Å². The molecule has 0 spiro atoms. The van der Waals surface area contributed by atoms with Crippen molar-refractivity contribution in [2.24, 2.45) is 0 Å². The number of carbonyl (C=O) groups excluding carboxylic acids is 1. The van der Waals surface area contributed by atoms with E-state index in [2.05, 4.69) is 28.7 Å². The first-order valence-corrected chi connectivity index (χ1v) is 7.07. The van der Waals surface area contributed by atoms with Crippen LogP contribution in [-0.2, 0) is 12.8 Å². The SMILES string of the molecule is CC(NC(=O)c1ccno1)c1ccc2c(c1)CCCC2. The fraction of sp³-hybridized carbons (Fsp3) is 0.375. The van der Waals surface area contributed by atoms with Crippen LogP contribution in [0.2, 0.25) is 0 Å². The zero-order chi connectivity index (χ0) is 13.9. The smallest absolute Gasteiger partial charge is 0.290 e. The number of aromatic nitrogens is 1. The number of nitrogens with one attached hydrogen (secondary N) is 1. The van der Waals surface area contributed by atoms with Crippen LogP contribution in [-0.4, -0.2) is 11.1 Å². The van der Waals surface area contributed by atoms with Crippen molar-refractivity contribution in [1.82, 2.24) is 10.5 Å². The summed E-state index contributed by atoms with van der Waals surface area (Å²) in [6.07, 6.45) is 6.33. The van der Waals surface area contributed by atoms with E-state index in [0.717, 1.165) is 12.0 Å². The molecule has 0 radical (unpaired) electrons. The molecule has 104 valence electrons. The molecule has 0 aliphatic heterocycles. The third kappa shape index (κ3) is 2.59. The molecule has 1 amide bonds. The van der Waals surface area contributed by atoms with Crippen LogP contribution in [0.3, 0.4) is 0 Å². The zero-order valence-electron chi connectivity index (χ0n) is 11.6. The second kappa shape index (κ2) is 5.49. The Hall–Kier alpha value is -2.10. The maximum Gasteiger partial charge on any atom is 0.290 e. The van der Waals surface area contributed by atoms with E-state index >= 15 is 0 Å². The van der Waals surface area contributed by atoms with Crippen molar-refractivity contribution in [3.8, 4) is 0 Å². The first kappa shape index (κ1) is 12.9. The van der Waals surface area contributed by atoms with Gasteiger partial charge in [0.15, 0.2) is 0 Å². The van der Waals surface area contributed by atoms with E-state index in [4.69, 9.17) is 4.52 Å². The van der Waals surface area contributed by atoms with Crippen LogP contribution >= 0.6 is 0 Å². The number of hydrogen-bond acceptors (Lipinski definition) is 3. The fourth-order valence-electron chi connectivity index (χ4n) is 2.71. The maximum atomic E-state index is 11.9. The second-order valence-electron chi connectivity index (χ2n) is 5.31. The van der Waals surface area contributed by atoms with Crippen molar-refractivity contribution in [2.75, 3.05) is 0 Å². The largest absolute Gasteiger partial charge is 0.351 e. The second-order valence-corrected chi connectivity index (χ2v) is 5.31. The van der Waals surface area contributed by atoms with E-state index in [1.54, 1.807) is 6.07 Å². The van der Waals surface area contributed by atoms with Crippen molar-refractivity contribution in [1.29, 1.82) is 0 Å². The highest BCUT2D eigenvalue weighted by Crippen LogP contribution is 2.24. The molecule has 0 saturated heterocycles. The van der Waals surface area contributed by atoms with Gasteiger partial charge in [-0.25, -0.2) is 0 Å². The molecule has 1 atom stereocenters. The molecule has 1 unspecified atom stereocenters. The minimum absolute atomic E-state index is 0.0418. The molecular formula is C16H18N2O2. The van der Waals surface area contributed by atoms with Gasteiger partial charge in [0.2, 0.25) is 5.76 Å². The maximum absolute atomic E-state index is 11.9. The number of nitrogens with zero attached hydrogens (tertiary/aromatic N) is 1. The predicted molar refractivity (Wildman–Crippen MR) is 75.5 cm³/mol. The molecule has 1 aliphatic carbocycles. The van der Waals surface area contributed by atoms with Gasteiger partial charge in [0.05, 0.1) is 12.2 Å². The fourth-order valence-corrected chi connectivity index (χ4v) is 2.71. The standard InChI is InChI=1S/C16H18N2O2/c1-11(18-16(19)15-8-9-17-20-15)13-7-6-12-4-2-3-5-14(12)10-13/h6-11H,2-5H2,1H3,(H,18,19). The van der Waals surface area contributed by atoms with Crippen molar-refractivity contribution in [2.45, 2.75) is 38.6 Å². The lowest BCUT2D eigenvalue weighted by molar-refractivity contribution is 0.0902. The Balaban J connectivity index is 1.74. The van der Waals surface area contributed by atoms with E-state index in [9.17, 15) is 4.79 Å². The van der Waals surface area contributed by atoms with Gasteiger partial charge in [0.25, 0.3) is 5.91 Å². The molecule has 0 saturated carbocycles. The molecule has 20 heavy (non-hydrogen) atoms. The first-order chi connectivity index (χ1) is 9.74. The van der Waals surface area contributed by atoms with Gasteiger partial charge in [-0.3, -0.25) is 4.79 Å². The molecule has 4 heteroatoms. The summed E-state index contributed by atoms with van der Waals surface area (Å²) in [5.41, 5.74) is 4.02. The Bertz CT molecular complexity index is 605. The van der Waals surface area contributed by atoms with Crippen molar-refractivity contribution in [3.63, 3.8) is 0 Å². The Labute approximate surface area is 118 Å². The average molecular weight is 270 g/mol. The lowest BCUT2D eigenvalue weighted by atomic mass is 9.89. The lowest BCUT2D eigenvalue weighted by Crippen LogP contribution is -2.26. The third-order valence-corrected chi connectivity index (χ3v) is 3.88. The Morgan fingerprint density at radius 3 is 2.80 bits per heavy atom. The molecule has 1 heterocycles. The number of fused-ring (bicyclic) bond motifs is 1. The molecule has 1 aliphatic rings. The number of amides is 1. The summed E-state index contributed by atoms with van der Waals surface area (Å²) in [6.45, 7) is 1.98. The number of aryl methyl sites for hydroxylation is 2. The quantitative estimate of drug-likeness (QED) is 0.932. The van der Waals surface area contributed by atoms with Crippen LogP contribution < -0.4 is 5.32 Å². The molecule has 3 rings (SSSR count). The van der Waals surface area contributed by atoms with Gasteiger partial charge in [-0.15, -0.1) is 0 Å². The summed E-state index contributed by atoms with van der Waals surface area (Å²) in [6, 6.07) is 8.05. The van der Waals surface area contributed by atoms with Gasteiger partial charge < -0.3 is 9.84 Å². The highest BCUT2D eigenvalue weighted by Gasteiger charge is 2.16. The number of carbonyl (C=O) groups is 1. The van der Waals surface area contributed by atoms with Crippen LogP contribution in [0.4, 0.5) is 0 Å². The first-order valence-electron chi connectivity index (χ1n) is 7.07. The minimum atomic E-state index is -0.229. The summed E-state index contributed by atoms with van der Waals surface area (Å²) >= 11 is 0. The van der Waals surface area contributed by atoms with Gasteiger partial charge in [0.1, 0.15) is 0 Å². The Morgan fingerprint density at radius 2 is 2.05 bits per heavy atom. The van der Waals surface area contributed by atoms with E-state index < -0.39 is 0 Å². The summed E-state index contributed by atoms with van der Waals surface area (Å²) < 4.78 is 4.86. The van der Waals surface area contributed by atoms with Crippen molar-refractivity contribution < 1.29 is 9.32 Å². The Morgan fingerprint density at radius 1 is 1.25 bits per heavy atom. The summed E-state index contributed by atoms with van der Waals surface area (Å²) in [7, 11) is 0. The van der Waals surface area contributed by atoms with Crippen LogP contribution in [0.5, 0.6) is 0 Å². The number of rotatable bonds is 3. The molecule has 4 nitrogen and oxygen atoms in total. The lowest BCUT2D eigenvalue weighted by Gasteiger charge is -2.19. The highest BCUT2D eigenvalue weighted by molar-refractivity contribution is 5.91. The van der Waals surface area contributed by atoms with Gasteiger partial charge in [-0.05, 0) is 49.3 Å². The summed E-state index contributed by atoms with van der Waals surface area (Å²) in [5.74, 6) is 0.0162. The van der Waals surface area contributed by atoms with E-state index in [1.165, 1.54) is 36.6 Å². The van der Waals surface area contributed by atoms with Gasteiger partial charge in [0, 0.05) is 6.07 Å². The van der Waals surface area contributed by atoms with Crippen LogP contribution in [0.15, 0.2) is 35.0 Å². The zero-order valence-corrected chi connectivity index (χ0v) is 11.6. The molecule has 2 aromatic rings. The number of benzene rings is 1. The van der Waals surface area contributed by atoms with E-state index in [-0.39, 0.29) is 17.7 Å². The normalized spacial score (nSPS) is 15.4. The topological polar surface area (TPSA) is 55.1 Å². The average Bonchev–Trinajstić information content (AvgIpc) is 3.01. The van der Waals surface area contributed by atoms with Crippen LogP contribution in [0, 0.1) is 0 Å². The van der Waals surface area contributed by atoms with E-state index in [0.29, 0.717) is 0 Å². The van der Waals surface area contributed by atoms with Gasteiger partial charge in [-0.1, -0.05) is 23.4 Å². The van der Waals surface area contributed by atoms with Crippen molar-refractivity contribution in [3.05, 3.63) is 52.9 Å². The van der Waals surface area contributed by atoms with E-state index in [1.807, 2.05) is 6.92 Å². The minimum Gasteiger partial charge on any atom is -0.351 e.